The number of carbonyl (C=O) groups is 1. The van der Waals surface area contributed by atoms with E-state index in [1.165, 1.54) is 32.1 Å². The summed E-state index contributed by atoms with van der Waals surface area (Å²) in [7, 11) is 0. The number of esters is 1. The van der Waals surface area contributed by atoms with Crippen molar-refractivity contribution in [3.63, 3.8) is 0 Å². The van der Waals surface area contributed by atoms with Gasteiger partial charge >= 0.3 is 5.97 Å². The van der Waals surface area contributed by atoms with Gasteiger partial charge < -0.3 is 9.47 Å². The van der Waals surface area contributed by atoms with E-state index in [4.69, 9.17) is 9.47 Å². The van der Waals surface area contributed by atoms with Crippen LogP contribution in [0.1, 0.15) is 89.4 Å². The van der Waals surface area contributed by atoms with Crippen molar-refractivity contribution in [2.75, 3.05) is 13.2 Å². The Kier molecular flexibility index (Phi) is 11.8. The Bertz CT molecular complexity index is 498. The molecule has 0 aliphatic rings. The van der Waals surface area contributed by atoms with Crippen molar-refractivity contribution in [2.24, 2.45) is 11.8 Å². The van der Waals surface area contributed by atoms with Crippen molar-refractivity contribution in [3.05, 3.63) is 29.8 Å². The van der Waals surface area contributed by atoms with E-state index in [1.54, 1.807) is 6.07 Å². The van der Waals surface area contributed by atoms with Crippen molar-refractivity contribution >= 4 is 5.97 Å². The molecule has 0 aromatic heterocycles. The molecule has 0 amide bonds. The highest BCUT2D eigenvalue weighted by atomic mass is 16.5. The molecule has 0 saturated carbocycles. The zero-order chi connectivity index (χ0) is 19.2. The number of hydrogen-bond donors (Lipinski definition) is 0. The SMILES string of the molecule is CCCCC(CC)COC(=O)c1ccccc1OCC(CC)CCCC. The monoisotopic (exact) mass is 362 g/mol. The van der Waals surface area contributed by atoms with Crippen LogP contribution in [-0.4, -0.2) is 19.2 Å². The summed E-state index contributed by atoms with van der Waals surface area (Å²) in [6.45, 7) is 9.92. The van der Waals surface area contributed by atoms with Gasteiger partial charge in [-0.15, -0.1) is 0 Å². The van der Waals surface area contributed by atoms with E-state index < -0.39 is 0 Å². The van der Waals surface area contributed by atoms with Crippen molar-refractivity contribution in [2.45, 2.75) is 79.1 Å². The summed E-state index contributed by atoms with van der Waals surface area (Å²) in [5.74, 6) is 1.37. The molecule has 0 aliphatic heterocycles. The molecule has 148 valence electrons. The molecule has 0 saturated heterocycles. The lowest BCUT2D eigenvalue weighted by Crippen LogP contribution is -2.16. The molecule has 0 spiro atoms. The zero-order valence-corrected chi connectivity index (χ0v) is 17.3. The summed E-state index contributed by atoms with van der Waals surface area (Å²) in [5.41, 5.74) is 0.545. The summed E-state index contributed by atoms with van der Waals surface area (Å²) >= 11 is 0. The fourth-order valence-electron chi connectivity index (χ4n) is 3.04. The molecule has 26 heavy (non-hydrogen) atoms. The van der Waals surface area contributed by atoms with E-state index in [0.29, 0.717) is 36.4 Å². The lowest BCUT2D eigenvalue weighted by Gasteiger charge is -2.18. The highest BCUT2D eigenvalue weighted by molar-refractivity contribution is 5.92. The molecule has 0 heterocycles. The Morgan fingerprint density at radius 2 is 1.46 bits per heavy atom. The molecule has 0 N–H and O–H groups in total. The van der Waals surface area contributed by atoms with Crippen molar-refractivity contribution in [1.29, 1.82) is 0 Å². The first-order chi connectivity index (χ1) is 12.7. The maximum absolute atomic E-state index is 12.5. The molecule has 1 aromatic rings. The topological polar surface area (TPSA) is 35.5 Å². The van der Waals surface area contributed by atoms with Crippen LogP contribution in [0.5, 0.6) is 5.75 Å². The molecular formula is C23H38O3. The third kappa shape index (κ3) is 8.25. The average molecular weight is 363 g/mol. The van der Waals surface area contributed by atoms with E-state index >= 15 is 0 Å². The van der Waals surface area contributed by atoms with E-state index in [2.05, 4.69) is 27.7 Å². The van der Waals surface area contributed by atoms with Crippen LogP contribution in [0, 0.1) is 11.8 Å². The van der Waals surface area contributed by atoms with Crippen LogP contribution in [-0.2, 0) is 4.74 Å². The van der Waals surface area contributed by atoms with Gasteiger partial charge in [0, 0.05) is 0 Å². The number of ether oxygens (including phenoxy) is 2. The first kappa shape index (κ1) is 22.5. The fraction of sp³-hybridized carbons (Fsp3) is 0.696. The van der Waals surface area contributed by atoms with Crippen LogP contribution < -0.4 is 4.74 Å². The second kappa shape index (κ2) is 13.7. The van der Waals surface area contributed by atoms with Crippen LogP contribution in [0.4, 0.5) is 0 Å². The molecule has 0 radical (unpaired) electrons. The van der Waals surface area contributed by atoms with Gasteiger partial charge in [0.1, 0.15) is 11.3 Å². The molecule has 3 heteroatoms. The van der Waals surface area contributed by atoms with Gasteiger partial charge in [-0.2, -0.15) is 0 Å². The number of benzene rings is 1. The van der Waals surface area contributed by atoms with Crippen molar-refractivity contribution < 1.29 is 14.3 Å². The van der Waals surface area contributed by atoms with Gasteiger partial charge in [0.25, 0.3) is 0 Å². The largest absolute Gasteiger partial charge is 0.492 e. The van der Waals surface area contributed by atoms with Crippen LogP contribution in [0.15, 0.2) is 24.3 Å². The van der Waals surface area contributed by atoms with Crippen LogP contribution >= 0.6 is 0 Å². The Morgan fingerprint density at radius 3 is 2.04 bits per heavy atom. The quantitative estimate of drug-likeness (QED) is 0.347. The molecule has 0 aliphatic carbocycles. The minimum absolute atomic E-state index is 0.267. The number of hydrogen-bond acceptors (Lipinski definition) is 3. The van der Waals surface area contributed by atoms with Gasteiger partial charge in [-0.1, -0.05) is 78.4 Å². The summed E-state index contributed by atoms with van der Waals surface area (Å²) in [6, 6.07) is 7.45. The Hall–Kier alpha value is -1.51. The van der Waals surface area contributed by atoms with E-state index in [9.17, 15) is 4.79 Å². The highest BCUT2D eigenvalue weighted by Crippen LogP contribution is 2.22. The second-order valence-corrected chi connectivity index (χ2v) is 7.24. The zero-order valence-electron chi connectivity index (χ0n) is 17.3. The number of para-hydroxylation sites is 1. The minimum atomic E-state index is -0.267. The van der Waals surface area contributed by atoms with Gasteiger partial charge in [-0.05, 0) is 36.8 Å². The highest BCUT2D eigenvalue weighted by Gasteiger charge is 2.17. The molecule has 0 fully saturated rings. The Balaban J connectivity index is 2.62. The van der Waals surface area contributed by atoms with E-state index in [0.717, 1.165) is 19.3 Å². The summed E-state index contributed by atoms with van der Waals surface area (Å²) in [5, 5.41) is 0. The molecule has 1 rings (SSSR count). The first-order valence-electron chi connectivity index (χ1n) is 10.5. The van der Waals surface area contributed by atoms with Crippen molar-refractivity contribution in [1.82, 2.24) is 0 Å². The van der Waals surface area contributed by atoms with Gasteiger partial charge in [0.2, 0.25) is 0 Å². The maximum atomic E-state index is 12.5. The molecule has 3 nitrogen and oxygen atoms in total. The van der Waals surface area contributed by atoms with Gasteiger partial charge in [0.15, 0.2) is 0 Å². The van der Waals surface area contributed by atoms with Crippen LogP contribution in [0.2, 0.25) is 0 Å². The Morgan fingerprint density at radius 1 is 0.885 bits per heavy atom. The average Bonchev–Trinajstić information content (AvgIpc) is 2.68. The maximum Gasteiger partial charge on any atom is 0.341 e. The van der Waals surface area contributed by atoms with Crippen LogP contribution in [0.3, 0.4) is 0 Å². The number of unbranched alkanes of at least 4 members (excludes halogenated alkanes) is 2. The summed E-state index contributed by atoms with van der Waals surface area (Å²) in [4.78, 5) is 12.5. The lowest BCUT2D eigenvalue weighted by molar-refractivity contribution is 0.0422. The molecular weight excluding hydrogens is 324 g/mol. The fourth-order valence-corrected chi connectivity index (χ4v) is 3.04. The van der Waals surface area contributed by atoms with Gasteiger partial charge in [0.05, 0.1) is 13.2 Å². The van der Waals surface area contributed by atoms with E-state index in [-0.39, 0.29) is 5.97 Å². The van der Waals surface area contributed by atoms with Crippen LogP contribution in [0.25, 0.3) is 0 Å². The molecule has 1 aromatic carbocycles. The van der Waals surface area contributed by atoms with Gasteiger partial charge in [-0.3, -0.25) is 0 Å². The third-order valence-corrected chi connectivity index (χ3v) is 5.12. The Labute approximate surface area is 160 Å². The lowest BCUT2D eigenvalue weighted by atomic mass is 10.0. The predicted octanol–water partition coefficient (Wildman–Crippen LogP) is 6.66. The third-order valence-electron chi connectivity index (χ3n) is 5.12. The summed E-state index contributed by atoms with van der Waals surface area (Å²) in [6.07, 6.45) is 9.23. The van der Waals surface area contributed by atoms with E-state index in [1.807, 2.05) is 18.2 Å². The second-order valence-electron chi connectivity index (χ2n) is 7.24. The number of carbonyl (C=O) groups excluding carboxylic acids is 1. The smallest absolute Gasteiger partial charge is 0.341 e. The normalized spacial score (nSPS) is 13.2. The molecule has 2 unspecified atom stereocenters. The molecule has 0 bridgehead atoms. The molecule has 2 atom stereocenters. The minimum Gasteiger partial charge on any atom is -0.492 e. The standard InChI is InChI=1S/C23H38O3/c1-5-9-13-19(7-3)17-25-22-16-12-11-15-21(22)23(24)26-18-20(8-4)14-10-6-2/h11-12,15-16,19-20H,5-10,13-14,17-18H2,1-4H3. The van der Waals surface area contributed by atoms with Gasteiger partial charge in [-0.25, -0.2) is 4.79 Å². The van der Waals surface area contributed by atoms with Crippen molar-refractivity contribution in [3.8, 4) is 5.75 Å². The number of rotatable bonds is 14. The first-order valence-corrected chi connectivity index (χ1v) is 10.5. The summed E-state index contributed by atoms with van der Waals surface area (Å²) < 4.78 is 11.6. The predicted molar refractivity (Wildman–Crippen MR) is 109 cm³/mol.